The summed E-state index contributed by atoms with van der Waals surface area (Å²) in [4.78, 5) is 15.2. The van der Waals surface area contributed by atoms with Crippen LogP contribution in [0.15, 0.2) is 18.2 Å². The van der Waals surface area contributed by atoms with E-state index in [1.54, 1.807) is 12.1 Å². The highest BCUT2D eigenvalue weighted by Crippen LogP contribution is 2.42. The van der Waals surface area contributed by atoms with Crippen molar-refractivity contribution in [2.45, 2.75) is 78.2 Å². The van der Waals surface area contributed by atoms with Crippen molar-refractivity contribution in [3.63, 3.8) is 0 Å². The molecule has 0 spiro atoms. The summed E-state index contributed by atoms with van der Waals surface area (Å²) in [5.41, 5.74) is -1.02. The average molecular weight is 513 g/mol. The zero-order chi connectivity index (χ0) is 26.1. The fourth-order valence-corrected chi connectivity index (χ4v) is 5.66. The lowest BCUT2D eigenvalue weighted by Gasteiger charge is -2.43. The van der Waals surface area contributed by atoms with E-state index in [4.69, 9.17) is 16.3 Å². The number of hydrogen-bond donors (Lipinski definition) is 2. The van der Waals surface area contributed by atoms with Crippen molar-refractivity contribution in [2.24, 2.45) is 17.3 Å². The Kier molecular flexibility index (Phi) is 11.9. The molecule has 0 saturated carbocycles. The SMILES string of the molecule is CCOCCCC[C@](O)(c1cccc(Cl)c1F)[C@@H]1CCCN(C(=O)C[C@H](CNC)CC(C)(C)C)C1. The lowest BCUT2D eigenvalue weighted by Crippen LogP contribution is -2.49. The molecular formula is C28H46ClFN2O3. The van der Waals surface area contributed by atoms with E-state index < -0.39 is 11.4 Å². The summed E-state index contributed by atoms with van der Waals surface area (Å²) in [6.07, 6.45) is 4.83. The highest BCUT2D eigenvalue weighted by Gasteiger charge is 2.43. The zero-order valence-electron chi connectivity index (χ0n) is 22.3. The first-order valence-electron chi connectivity index (χ1n) is 13.2. The number of piperidine rings is 1. The van der Waals surface area contributed by atoms with Crippen LogP contribution in [0.5, 0.6) is 0 Å². The molecule has 1 heterocycles. The molecule has 2 rings (SSSR count). The molecule has 0 bridgehead atoms. The van der Waals surface area contributed by atoms with Crippen molar-refractivity contribution in [1.82, 2.24) is 10.2 Å². The van der Waals surface area contributed by atoms with Crippen LogP contribution < -0.4 is 5.32 Å². The minimum atomic E-state index is -1.39. The Morgan fingerprint density at radius 2 is 2.09 bits per heavy atom. The van der Waals surface area contributed by atoms with Crippen LogP contribution in [0.25, 0.3) is 0 Å². The standard InChI is InChI=1S/C28H46ClFN2O3/c1-6-35-16-8-7-14-28(34,23-12-9-13-24(29)26(23)30)22-11-10-15-32(20-22)25(33)17-21(19-31-5)18-27(2,3)4/h9,12-13,21-22,31,34H,6-8,10-11,14-20H2,1-5H3/t21-,22+,28+/m0/s1. The lowest BCUT2D eigenvalue weighted by atomic mass is 9.73. The molecule has 1 amide bonds. The minimum Gasteiger partial charge on any atom is -0.385 e. The number of halogens is 2. The molecule has 1 aliphatic rings. The Morgan fingerprint density at radius 3 is 2.74 bits per heavy atom. The van der Waals surface area contributed by atoms with Crippen LogP contribution in [-0.2, 0) is 15.1 Å². The van der Waals surface area contributed by atoms with Crippen LogP contribution in [0, 0.1) is 23.1 Å². The summed E-state index contributed by atoms with van der Waals surface area (Å²) >= 11 is 6.10. The van der Waals surface area contributed by atoms with Crippen molar-refractivity contribution in [3.8, 4) is 0 Å². The average Bonchev–Trinajstić information content (AvgIpc) is 2.79. The molecule has 0 aromatic heterocycles. The van der Waals surface area contributed by atoms with E-state index in [-0.39, 0.29) is 33.7 Å². The van der Waals surface area contributed by atoms with Gasteiger partial charge in [0.1, 0.15) is 5.82 Å². The molecule has 3 atom stereocenters. The number of likely N-dealkylation sites (tertiary alicyclic amines) is 1. The second-order valence-electron chi connectivity index (χ2n) is 11.3. The second kappa shape index (κ2) is 13.9. The van der Waals surface area contributed by atoms with Crippen LogP contribution in [0.4, 0.5) is 4.39 Å². The number of nitrogens with one attached hydrogen (secondary N) is 1. The van der Waals surface area contributed by atoms with Gasteiger partial charge in [-0.1, -0.05) is 44.5 Å². The van der Waals surface area contributed by atoms with Crippen LogP contribution in [0.3, 0.4) is 0 Å². The smallest absolute Gasteiger partial charge is 0.222 e. The third-order valence-electron chi connectivity index (χ3n) is 7.03. The topological polar surface area (TPSA) is 61.8 Å². The highest BCUT2D eigenvalue weighted by molar-refractivity contribution is 6.30. The van der Waals surface area contributed by atoms with Crippen molar-refractivity contribution in [3.05, 3.63) is 34.6 Å². The molecule has 1 fully saturated rings. The Morgan fingerprint density at radius 1 is 1.34 bits per heavy atom. The molecule has 1 saturated heterocycles. The molecule has 5 nitrogen and oxygen atoms in total. The van der Waals surface area contributed by atoms with E-state index >= 15 is 4.39 Å². The van der Waals surface area contributed by atoms with Gasteiger partial charge in [0.05, 0.1) is 10.6 Å². The predicted molar refractivity (Wildman–Crippen MR) is 141 cm³/mol. The number of hydrogen-bond acceptors (Lipinski definition) is 4. The summed E-state index contributed by atoms with van der Waals surface area (Å²) < 4.78 is 20.6. The monoisotopic (exact) mass is 512 g/mol. The van der Waals surface area contributed by atoms with E-state index in [9.17, 15) is 9.90 Å². The fourth-order valence-electron chi connectivity index (χ4n) is 5.48. The van der Waals surface area contributed by atoms with Gasteiger partial charge in [0.25, 0.3) is 0 Å². The maximum atomic E-state index is 15.1. The van der Waals surface area contributed by atoms with E-state index in [0.29, 0.717) is 45.6 Å². The molecular weight excluding hydrogens is 467 g/mol. The van der Waals surface area contributed by atoms with Gasteiger partial charge in [-0.3, -0.25) is 4.79 Å². The Hall–Kier alpha value is -1.21. The zero-order valence-corrected chi connectivity index (χ0v) is 23.1. The number of unbranched alkanes of at least 4 members (excludes halogenated alkanes) is 1. The molecule has 1 aliphatic heterocycles. The van der Waals surface area contributed by atoms with E-state index in [2.05, 4.69) is 26.1 Å². The first-order valence-corrected chi connectivity index (χ1v) is 13.6. The first-order chi connectivity index (χ1) is 16.5. The Bertz CT molecular complexity index is 801. The van der Waals surface area contributed by atoms with E-state index in [1.165, 1.54) is 6.07 Å². The number of nitrogens with zero attached hydrogens (tertiary/aromatic N) is 1. The van der Waals surface area contributed by atoms with E-state index in [1.807, 2.05) is 18.9 Å². The number of carbonyl (C=O) groups excluding carboxylic acids is 1. The molecule has 7 heteroatoms. The fraction of sp³-hybridized carbons (Fsp3) is 0.750. The third-order valence-corrected chi connectivity index (χ3v) is 7.32. The Balaban J connectivity index is 2.20. The molecule has 0 aliphatic carbocycles. The van der Waals surface area contributed by atoms with Gasteiger partial charge >= 0.3 is 0 Å². The van der Waals surface area contributed by atoms with Crippen molar-refractivity contribution < 1.29 is 19.0 Å². The molecule has 0 radical (unpaired) electrons. The minimum absolute atomic E-state index is 0.0103. The number of benzene rings is 1. The van der Waals surface area contributed by atoms with Crippen LogP contribution in [-0.4, -0.2) is 55.8 Å². The predicted octanol–water partition coefficient (Wildman–Crippen LogP) is 5.77. The lowest BCUT2D eigenvalue weighted by molar-refractivity contribution is -0.138. The molecule has 1 aromatic carbocycles. The molecule has 2 N–H and O–H groups in total. The normalized spacial score (nSPS) is 19.4. The quantitative estimate of drug-likeness (QED) is 0.329. The van der Waals surface area contributed by atoms with Gasteiger partial charge in [0.2, 0.25) is 5.91 Å². The van der Waals surface area contributed by atoms with Gasteiger partial charge in [-0.15, -0.1) is 0 Å². The van der Waals surface area contributed by atoms with Gasteiger partial charge < -0.3 is 20.1 Å². The van der Waals surface area contributed by atoms with Gasteiger partial charge in [0, 0.05) is 44.2 Å². The first kappa shape index (κ1) is 30.0. The summed E-state index contributed by atoms with van der Waals surface area (Å²) in [7, 11) is 1.92. The second-order valence-corrected chi connectivity index (χ2v) is 11.7. The summed E-state index contributed by atoms with van der Waals surface area (Å²) in [6.45, 7) is 11.7. The van der Waals surface area contributed by atoms with Gasteiger partial charge in [-0.2, -0.15) is 0 Å². The largest absolute Gasteiger partial charge is 0.385 e. The van der Waals surface area contributed by atoms with Crippen LogP contribution in [0.1, 0.15) is 78.2 Å². The summed E-state index contributed by atoms with van der Waals surface area (Å²) in [6, 6.07) is 4.83. The van der Waals surface area contributed by atoms with Gasteiger partial charge in [-0.05, 0) is 76.4 Å². The molecule has 1 aromatic rings. The number of rotatable bonds is 13. The van der Waals surface area contributed by atoms with Crippen molar-refractivity contribution in [1.29, 1.82) is 0 Å². The molecule has 35 heavy (non-hydrogen) atoms. The van der Waals surface area contributed by atoms with Gasteiger partial charge in [0.15, 0.2) is 0 Å². The summed E-state index contributed by atoms with van der Waals surface area (Å²) in [5.74, 6) is -0.463. The van der Waals surface area contributed by atoms with Crippen LogP contribution >= 0.6 is 11.6 Å². The number of ether oxygens (including phenoxy) is 1. The molecule has 200 valence electrons. The van der Waals surface area contributed by atoms with Gasteiger partial charge in [-0.25, -0.2) is 4.39 Å². The maximum Gasteiger partial charge on any atom is 0.222 e. The third kappa shape index (κ3) is 8.99. The highest BCUT2D eigenvalue weighted by atomic mass is 35.5. The number of amides is 1. The summed E-state index contributed by atoms with van der Waals surface area (Å²) in [5, 5.41) is 15.2. The number of aliphatic hydroxyl groups is 1. The van der Waals surface area contributed by atoms with Crippen LogP contribution in [0.2, 0.25) is 5.02 Å². The Labute approximate surface area is 216 Å². The maximum absolute atomic E-state index is 15.1. The molecule has 0 unspecified atom stereocenters. The van der Waals surface area contributed by atoms with E-state index in [0.717, 1.165) is 32.2 Å². The number of carbonyl (C=O) groups is 1. The van der Waals surface area contributed by atoms with Crippen molar-refractivity contribution >= 4 is 17.5 Å². The van der Waals surface area contributed by atoms with Crippen molar-refractivity contribution in [2.75, 3.05) is 39.9 Å².